The average molecular weight is 262 g/mol. The SMILES string of the molecule is Cc1cc(NN)c(C(=O)NCC2(C(C)C)CC2)cn1. The molecule has 5 nitrogen and oxygen atoms in total. The Kier molecular flexibility index (Phi) is 3.75. The lowest BCUT2D eigenvalue weighted by Crippen LogP contribution is -2.33. The summed E-state index contributed by atoms with van der Waals surface area (Å²) in [5, 5.41) is 3.00. The maximum absolute atomic E-state index is 12.2. The monoisotopic (exact) mass is 262 g/mol. The minimum Gasteiger partial charge on any atom is -0.351 e. The maximum atomic E-state index is 12.2. The molecule has 0 aliphatic heterocycles. The summed E-state index contributed by atoms with van der Waals surface area (Å²) in [5.41, 5.74) is 4.78. The van der Waals surface area contributed by atoms with Crippen molar-refractivity contribution in [2.75, 3.05) is 12.0 Å². The van der Waals surface area contributed by atoms with E-state index in [1.54, 1.807) is 12.3 Å². The van der Waals surface area contributed by atoms with Crippen LogP contribution in [0.4, 0.5) is 5.69 Å². The lowest BCUT2D eigenvalue weighted by molar-refractivity contribution is 0.0940. The Balaban J connectivity index is 2.04. The highest BCUT2D eigenvalue weighted by atomic mass is 16.1. The van der Waals surface area contributed by atoms with E-state index >= 15 is 0 Å². The summed E-state index contributed by atoms with van der Waals surface area (Å²) in [5.74, 6) is 5.92. The Morgan fingerprint density at radius 2 is 2.21 bits per heavy atom. The number of aromatic nitrogens is 1. The van der Waals surface area contributed by atoms with Crippen molar-refractivity contribution in [3.8, 4) is 0 Å². The second kappa shape index (κ2) is 5.17. The number of anilines is 1. The number of nitrogens with two attached hydrogens (primary N) is 1. The largest absolute Gasteiger partial charge is 0.351 e. The fourth-order valence-corrected chi connectivity index (χ4v) is 2.33. The normalized spacial score (nSPS) is 16.3. The molecule has 4 N–H and O–H groups in total. The number of carbonyl (C=O) groups is 1. The van der Waals surface area contributed by atoms with Crippen LogP contribution in [0.1, 0.15) is 42.7 Å². The predicted molar refractivity (Wildman–Crippen MR) is 75.6 cm³/mol. The molecule has 19 heavy (non-hydrogen) atoms. The molecule has 1 saturated carbocycles. The first-order valence-corrected chi connectivity index (χ1v) is 6.70. The number of nitrogens with zero attached hydrogens (tertiary/aromatic N) is 1. The van der Waals surface area contributed by atoms with E-state index in [1.165, 1.54) is 12.8 Å². The molecule has 1 aromatic heterocycles. The number of aryl methyl sites for hydroxylation is 1. The van der Waals surface area contributed by atoms with Gasteiger partial charge in [-0.3, -0.25) is 15.6 Å². The smallest absolute Gasteiger partial charge is 0.255 e. The molecular formula is C14H22N4O. The Morgan fingerprint density at radius 1 is 1.53 bits per heavy atom. The van der Waals surface area contributed by atoms with Crippen LogP contribution >= 0.6 is 0 Å². The average Bonchev–Trinajstić information content (AvgIpc) is 3.17. The van der Waals surface area contributed by atoms with Crippen LogP contribution in [0, 0.1) is 18.3 Å². The zero-order valence-electron chi connectivity index (χ0n) is 11.8. The molecule has 1 aromatic rings. The number of hydrogen-bond acceptors (Lipinski definition) is 4. The molecule has 0 radical (unpaired) electrons. The third-order valence-electron chi connectivity index (χ3n) is 4.16. The summed E-state index contributed by atoms with van der Waals surface area (Å²) >= 11 is 0. The molecule has 5 heteroatoms. The topological polar surface area (TPSA) is 80.0 Å². The molecular weight excluding hydrogens is 240 g/mol. The summed E-state index contributed by atoms with van der Waals surface area (Å²) in [7, 11) is 0. The van der Waals surface area contributed by atoms with Gasteiger partial charge in [0.2, 0.25) is 0 Å². The lowest BCUT2D eigenvalue weighted by atomic mass is 9.92. The van der Waals surface area contributed by atoms with Gasteiger partial charge in [0.1, 0.15) is 0 Å². The number of nitrogens with one attached hydrogen (secondary N) is 2. The third kappa shape index (κ3) is 2.87. The van der Waals surface area contributed by atoms with Crippen LogP contribution < -0.4 is 16.6 Å². The van der Waals surface area contributed by atoms with E-state index in [2.05, 4.69) is 29.6 Å². The van der Waals surface area contributed by atoms with Gasteiger partial charge < -0.3 is 10.7 Å². The summed E-state index contributed by atoms with van der Waals surface area (Å²) in [6, 6.07) is 1.77. The van der Waals surface area contributed by atoms with E-state index in [9.17, 15) is 4.79 Å². The van der Waals surface area contributed by atoms with Gasteiger partial charge in [-0.1, -0.05) is 13.8 Å². The van der Waals surface area contributed by atoms with Crippen molar-refractivity contribution >= 4 is 11.6 Å². The molecule has 0 spiro atoms. The van der Waals surface area contributed by atoms with E-state index in [0.717, 1.165) is 12.2 Å². The maximum Gasteiger partial charge on any atom is 0.255 e. The van der Waals surface area contributed by atoms with Gasteiger partial charge in [-0.05, 0) is 37.2 Å². The summed E-state index contributed by atoms with van der Waals surface area (Å²) in [6.07, 6.45) is 3.95. The van der Waals surface area contributed by atoms with Gasteiger partial charge in [0.05, 0.1) is 11.3 Å². The van der Waals surface area contributed by atoms with E-state index in [4.69, 9.17) is 5.84 Å². The molecule has 1 heterocycles. The molecule has 1 fully saturated rings. The predicted octanol–water partition coefficient (Wildman–Crippen LogP) is 1.84. The van der Waals surface area contributed by atoms with Crippen LogP contribution in [0.5, 0.6) is 0 Å². The van der Waals surface area contributed by atoms with E-state index in [1.807, 2.05) is 6.92 Å². The number of amides is 1. The Morgan fingerprint density at radius 3 is 2.74 bits per heavy atom. The van der Waals surface area contributed by atoms with Crippen LogP contribution in [0.25, 0.3) is 0 Å². The zero-order chi connectivity index (χ0) is 14.0. The quantitative estimate of drug-likeness (QED) is 0.559. The van der Waals surface area contributed by atoms with Gasteiger partial charge in [0, 0.05) is 18.4 Å². The van der Waals surface area contributed by atoms with Crippen LogP contribution in [0.3, 0.4) is 0 Å². The van der Waals surface area contributed by atoms with E-state index in [-0.39, 0.29) is 5.91 Å². The lowest BCUT2D eigenvalue weighted by Gasteiger charge is -2.20. The highest BCUT2D eigenvalue weighted by molar-refractivity contribution is 5.99. The fraction of sp³-hybridized carbons (Fsp3) is 0.571. The highest BCUT2D eigenvalue weighted by Gasteiger charge is 2.45. The minimum atomic E-state index is -0.118. The van der Waals surface area contributed by atoms with Gasteiger partial charge in [0.25, 0.3) is 5.91 Å². The van der Waals surface area contributed by atoms with Crippen LogP contribution in [-0.4, -0.2) is 17.4 Å². The highest BCUT2D eigenvalue weighted by Crippen LogP contribution is 2.51. The van der Waals surface area contributed by atoms with Gasteiger partial charge in [-0.2, -0.15) is 0 Å². The molecule has 0 atom stereocenters. The van der Waals surface area contributed by atoms with E-state index < -0.39 is 0 Å². The molecule has 1 amide bonds. The first-order chi connectivity index (χ1) is 8.98. The van der Waals surface area contributed by atoms with Gasteiger partial charge >= 0.3 is 0 Å². The molecule has 0 bridgehead atoms. The summed E-state index contributed by atoms with van der Waals surface area (Å²) < 4.78 is 0. The van der Waals surface area contributed by atoms with Crippen molar-refractivity contribution in [3.63, 3.8) is 0 Å². The van der Waals surface area contributed by atoms with Crippen molar-refractivity contribution in [1.29, 1.82) is 0 Å². The van der Waals surface area contributed by atoms with Crippen molar-refractivity contribution in [1.82, 2.24) is 10.3 Å². The standard InChI is InChI=1S/C14H22N4O/c1-9(2)14(4-5-14)8-17-13(19)11-7-16-10(3)6-12(11)18-15/h6-7,9H,4-5,8,15H2,1-3H3,(H,16,18)(H,17,19). The fourth-order valence-electron chi connectivity index (χ4n) is 2.33. The molecule has 2 rings (SSSR count). The number of nitrogen functional groups attached to an aromatic ring is 1. The second-order valence-corrected chi connectivity index (χ2v) is 5.72. The molecule has 0 saturated heterocycles. The Labute approximate surface area is 114 Å². The Hall–Kier alpha value is -1.62. The summed E-state index contributed by atoms with van der Waals surface area (Å²) in [4.78, 5) is 16.3. The minimum absolute atomic E-state index is 0.118. The molecule has 104 valence electrons. The van der Waals surface area contributed by atoms with Gasteiger partial charge in [0.15, 0.2) is 0 Å². The Bertz CT molecular complexity index is 480. The second-order valence-electron chi connectivity index (χ2n) is 5.72. The number of rotatable bonds is 5. The van der Waals surface area contributed by atoms with Crippen LogP contribution in [0.2, 0.25) is 0 Å². The number of hydrazine groups is 1. The van der Waals surface area contributed by atoms with Gasteiger partial charge in [-0.25, -0.2) is 0 Å². The number of pyridine rings is 1. The van der Waals surface area contributed by atoms with Crippen molar-refractivity contribution in [3.05, 3.63) is 23.5 Å². The van der Waals surface area contributed by atoms with Crippen molar-refractivity contribution < 1.29 is 4.79 Å². The number of carbonyl (C=O) groups excluding carboxylic acids is 1. The molecule has 0 unspecified atom stereocenters. The van der Waals surface area contributed by atoms with E-state index in [0.29, 0.717) is 22.6 Å². The molecule has 1 aliphatic carbocycles. The summed E-state index contributed by atoms with van der Waals surface area (Å²) in [6.45, 7) is 7.00. The van der Waals surface area contributed by atoms with Crippen molar-refractivity contribution in [2.45, 2.75) is 33.6 Å². The molecule has 0 aromatic carbocycles. The molecule has 1 aliphatic rings. The van der Waals surface area contributed by atoms with Crippen LogP contribution in [-0.2, 0) is 0 Å². The van der Waals surface area contributed by atoms with Crippen molar-refractivity contribution in [2.24, 2.45) is 17.2 Å². The first-order valence-electron chi connectivity index (χ1n) is 6.70. The zero-order valence-corrected chi connectivity index (χ0v) is 11.8. The van der Waals surface area contributed by atoms with Crippen LogP contribution in [0.15, 0.2) is 12.3 Å². The third-order valence-corrected chi connectivity index (χ3v) is 4.16. The van der Waals surface area contributed by atoms with Gasteiger partial charge in [-0.15, -0.1) is 0 Å². The number of hydrogen-bond donors (Lipinski definition) is 3. The first kappa shape index (κ1) is 13.8.